The van der Waals surface area contributed by atoms with E-state index in [0.29, 0.717) is 30.6 Å². The lowest BCUT2D eigenvalue weighted by atomic mass is 9.43. The summed E-state index contributed by atoms with van der Waals surface area (Å²) in [5.41, 5.74) is -0.158. The van der Waals surface area contributed by atoms with Crippen molar-refractivity contribution in [1.82, 2.24) is 0 Å². The molecule has 0 spiro atoms. The normalized spacial score (nSPS) is 48.5. The first-order chi connectivity index (χ1) is 20.4. The maximum Gasteiger partial charge on any atom is 0.187 e. The summed E-state index contributed by atoms with van der Waals surface area (Å²) in [6.07, 6.45) is 1.30. The zero-order chi connectivity index (χ0) is 32.6. The molecule has 3 saturated carbocycles. The minimum Gasteiger partial charge on any atom is -0.394 e. The molecule has 0 aromatic heterocycles. The van der Waals surface area contributed by atoms with Gasteiger partial charge in [-0.3, -0.25) is 0 Å². The highest BCUT2D eigenvalue weighted by atomic mass is 16.7. The molecule has 0 aromatic carbocycles. The molecule has 1 heterocycles. The Morgan fingerprint density at radius 2 is 1.66 bits per heavy atom. The summed E-state index contributed by atoms with van der Waals surface area (Å²) in [5.74, 6) is 1.58. The Kier molecular flexibility index (Phi) is 9.56. The third kappa shape index (κ3) is 5.54. The minimum atomic E-state index is -1.48. The van der Waals surface area contributed by atoms with Crippen molar-refractivity contribution in [3.05, 3.63) is 11.6 Å². The summed E-state index contributed by atoms with van der Waals surface area (Å²) >= 11 is 0. The van der Waals surface area contributed by atoms with E-state index >= 15 is 0 Å². The predicted molar refractivity (Wildman–Crippen MR) is 165 cm³/mol. The monoisotopic (exact) mass is 624 g/mol. The smallest absolute Gasteiger partial charge is 0.187 e. The number of ether oxygens (including phenoxy) is 2. The zero-order valence-corrected chi connectivity index (χ0v) is 27.9. The van der Waals surface area contributed by atoms with Gasteiger partial charge in [-0.05, 0) is 106 Å². The van der Waals surface area contributed by atoms with E-state index in [4.69, 9.17) is 9.47 Å². The molecular formula is C35H60O9. The summed E-state index contributed by atoms with van der Waals surface area (Å²) in [7, 11) is 0. The van der Waals surface area contributed by atoms with Gasteiger partial charge in [-0.2, -0.15) is 0 Å². The molecule has 9 heteroatoms. The molecule has 4 aliphatic carbocycles. The Morgan fingerprint density at radius 1 is 0.977 bits per heavy atom. The minimum absolute atomic E-state index is 0.0169. The van der Waals surface area contributed by atoms with Crippen molar-refractivity contribution in [2.24, 2.45) is 45.8 Å². The Morgan fingerprint density at radius 3 is 2.30 bits per heavy atom. The molecule has 9 nitrogen and oxygen atoms in total. The molecule has 7 N–H and O–H groups in total. The average molecular weight is 625 g/mol. The summed E-state index contributed by atoms with van der Waals surface area (Å²) in [6.45, 7) is 14.3. The largest absolute Gasteiger partial charge is 0.394 e. The highest BCUT2D eigenvalue weighted by Gasteiger charge is 2.66. The predicted octanol–water partition coefficient (Wildman–Crippen LogP) is 2.91. The second-order valence-electron chi connectivity index (χ2n) is 16.8. The topological polar surface area (TPSA) is 160 Å². The second kappa shape index (κ2) is 12.1. The van der Waals surface area contributed by atoms with Gasteiger partial charge < -0.3 is 45.2 Å². The molecule has 254 valence electrons. The van der Waals surface area contributed by atoms with Crippen molar-refractivity contribution >= 4 is 0 Å². The number of hydrogen-bond acceptors (Lipinski definition) is 9. The van der Waals surface area contributed by atoms with Crippen molar-refractivity contribution in [2.45, 2.75) is 154 Å². The fourth-order valence-corrected chi connectivity index (χ4v) is 10.8. The van der Waals surface area contributed by atoms with E-state index in [1.54, 1.807) is 13.8 Å². The van der Waals surface area contributed by atoms with Crippen LogP contribution in [-0.2, 0) is 9.47 Å². The van der Waals surface area contributed by atoms with Crippen LogP contribution in [0.25, 0.3) is 0 Å². The van der Waals surface area contributed by atoms with E-state index in [1.165, 1.54) is 5.57 Å². The summed E-state index contributed by atoms with van der Waals surface area (Å²) in [5, 5.41) is 73.5. The average Bonchev–Trinajstić information content (AvgIpc) is 3.22. The fraction of sp³-hybridized carbons (Fsp3) is 0.943. The van der Waals surface area contributed by atoms with Crippen LogP contribution in [0.1, 0.15) is 99.8 Å². The Hall–Kier alpha value is -0.620. The standard InChI is InChI=1S/C35H60O9/c1-18(8-12-25(38)33(4,5)42)20-14-15-34(6)22-11-10-21-19(27(22)23(37)16-35(20,34)7)9-13-26(32(21,2)3)44-31-30(41)29(40)28(39)24(17-36)43-31/h10,18-20,22-31,36-42H,8-9,11-17H2,1-7H3/t18-,19-,20-,22-,23-,24-,25-,26+,27+,28-,29+,30-,31+,34+,35-/m1/s1. The molecule has 44 heavy (non-hydrogen) atoms. The van der Waals surface area contributed by atoms with Gasteiger partial charge in [-0.15, -0.1) is 0 Å². The number of aliphatic hydroxyl groups is 7. The lowest BCUT2D eigenvalue weighted by Gasteiger charge is -2.63. The number of aliphatic hydroxyl groups excluding tert-OH is 6. The van der Waals surface area contributed by atoms with Gasteiger partial charge in [0.05, 0.1) is 30.5 Å². The van der Waals surface area contributed by atoms with Gasteiger partial charge in [0.15, 0.2) is 6.29 Å². The second-order valence-corrected chi connectivity index (χ2v) is 16.8. The molecule has 4 fully saturated rings. The van der Waals surface area contributed by atoms with Crippen molar-refractivity contribution in [3.8, 4) is 0 Å². The van der Waals surface area contributed by atoms with Crippen molar-refractivity contribution < 1.29 is 45.2 Å². The van der Waals surface area contributed by atoms with E-state index in [-0.39, 0.29) is 28.8 Å². The molecule has 1 saturated heterocycles. The third-order valence-electron chi connectivity index (χ3n) is 13.7. The maximum atomic E-state index is 12.0. The van der Waals surface area contributed by atoms with E-state index in [0.717, 1.165) is 38.5 Å². The first-order valence-electron chi connectivity index (χ1n) is 17.1. The molecule has 0 aromatic rings. The van der Waals surface area contributed by atoms with E-state index in [1.807, 2.05) is 0 Å². The summed E-state index contributed by atoms with van der Waals surface area (Å²) in [6, 6.07) is 0. The van der Waals surface area contributed by atoms with Gasteiger partial charge in [0, 0.05) is 5.41 Å². The van der Waals surface area contributed by atoms with Gasteiger partial charge in [0.1, 0.15) is 24.4 Å². The first-order valence-corrected chi connectivity index (χ1v) is 17.1. The highest BCUT2D eigenvalue weighted by molar-refractivity contribution is 5.29. The van der Waals surface area contributed by atoms with Crippen LogP contribution >= 0.6 is 0 Å². The Labute approximate surface area is 263 Å². The number of hydrogen-bond donors (Lipinski definition) is 7. The number of rotatable bonds is 8. The molecule has 1 aliphatic heterocycles. The lowest BCUT2D eigenvalue weighted by Crippen LogP contribution is -2.61. The summed E-state index contributed by atoms with van der Waals surface area (Å²) < 4.78 is 12.0. The maximum absolute atomic E-state index is 12.0. The quantitative estimate of drug-likeness (QED) is 0.202. The van der Waals surface area contributed by atoms with Crippen LogP contribution < -0.4 is 0 Å². The molecule has 0 bridgehead atoms. The Balaban J connectivity index is 1.33. The van der Waals surface area contributed by atoms with Crippen molar-refractivity contribution in [2.75, 3.05) is 6.61 Å². The fourth-order valence-electron chi connectivity index (χ4n) is 10.8. The van der Waals surface area contributed by atoms with Crippen LogP contribution in [0.3, 0.4) is 0 Å². The first kappa shape index (κ1) is 34.7. The van der Waals surface area contributed by atoms with Gasteiger partial charge in [-0.1, -0.05) is 46.3 Å². The zero-order valence-electron chi connectivity index (χ0n) is 27.9. The lowest BCUT2D eigenvalue weighted by molar-refractivity contribution is -0.319. The molecule has 0 amide bonds. The molecule has 0 unspecified atom stereocenters. The van der Waals surface area contributed by atoms with E-state index in [2.05, 4.69) is 40.7 Å². The summed E-state index contributed by atoms with van der Waals surface area (Å²) in [4.78, 5) is 0. The van der Waals surface area contributed by atoms with Crippen LogP contribution in [0.2, 0.25) is 0 Å². The molecule has 15 atom stereocenters. The van der Waals surface area contributed by atoms with Crippen molar-refractivity contribution in [1.29, 1.82) is 0 Å². The van der Waals surface area contributed by atoms with Crippen LogP contribution in [-0.4, -0.2) is 97.0 Å². The highest BCUT2D eigenvalue weighted by Crippen LogP contribution is 2.71. The molecular weight excluding hydrogens is 564 g/mol. The van der Waals surface area contributed by atoms with Crippen LogP contribution in [0.5, 0.6) is 0 Å². The molecule has 5 rings (SSSR count). The number of allylic oxidation sites excluding steroid dienone is 1. The van der Waals surface area contributed by atoms with E-state index in [9.17, 15) is 35.7 Å². The van der Waals surface area contributed by atoms with Gasteiger partial charge in [0.2, 0.25) is 0 Å². The van der Waals surface area contributed by atoms with Crippen LogP contribution in [0.4, 0.5) is 0 Å². The molecule has 5 aliphatic rings. The van der Waals surface area contributed by atoms with Gasteiger partial charge in [-0.25, -0.2) is 0 Å². The van der Waals surface area contributed by atoms with Crippen LogP contribution in [0.15, 0.2) is 11.6 Å². The van der Waals surface area contributed by atoms with Crippen LogP contribution in [0, 0.1) is 45.8 Å². The van der Waals surface area contributed by atoms with E-state index < -0.39 is 60.5 Å². The van der Waals surface area contributed by atoms with Gasteiger partial charge in [0.25, 0.3) is 0 Å². The Bertz CT molecular complexity index is 1050. The van der Waals surface area contributed by atoms with Gasteiger partial charge >= 0.3 is 0 Å². The molecule has 0 radical (unpaired) electrons. The number of fused-ring (bicyclic) bond motifs is 5. The third-order valence-corrected chi connectivity index (χ3v) is 13.7. The SMILES string of the molecule is C[C@H](CC[C@@H](O)C(C)(C)O)[C@H]1CC[C@@]2(C)[C@@H]3CC=C4[C@@H](CC[C@H](O[C@@H]5O[C@H](CO)[C@@H](O)[C@H](O)[C@H]5O)C4(C)C)[C@@H]3[C@H](O)C[C@]12C. The van der Waals surface area contributed by atoms with Crippen molar-refractivity contribution in [3.63, 3.8) is 0 Å².